The molecule has 0 aliphatic heterocycles. The van der Waals surface area contributed by atoms with Gasteiger partial charge in [0.15, 0.2) is 0 Å². The van der Waals surface area contributed by atoms with Crippen LogP contribution in [0.25, 0.3) is 0 Å². The molecule has 0 bridgehead atoms. The number of amides is 2. The van der Waals surface area contributed by atoms with Gasteiger partial charge in [0.1, 0.15) is 0 Å². The van der Waals surface area contributed by atoms with Crippen LogP contribution < -0.4 is 5.32 Å². The van der Waals surface area contributed by atoms with Crippen molar-refractivity contribution < 1.29 is 9.59 Å². The molecule has 134 valence electrons. The van der Waals surface area contributed by atoms with Crippen molar-refractivity contribution >= 4 is 17.5 Å². The monoisotopic (exact) mass is 349 g/mol. The topological polar surface area (TPSA) is 73.2 Å². The molecule has 2 aromatic rings. The third kappa shape index (κ3) is 5.45. The first-order chi connectivity index (χ1) is 12.4. The van der Waals surface area contributed by atoms with E-state index < -0.39 is 0 Å². The molecule has 0 fully saturated rings. The van der Waals surface area contributed by atoms with Gasteiger partial charge in [-0.25, -0.2) is 0 Å². The van der Waals surface area contributed by atoms with Gasteiger partial charge in [-0.3, -0.25) is 9.59 Å². The first-order valence-corrected chi connectivity index (χ1v) is 8.54. The predicted molar refractivity (Wildman–Crippen MR) is 101 cm³/mol. The minimum atomic E-state index is -0.123. The SMILES string of the molecule is CC(=O)Nc1ccc(CC(=O)N(Cc2ccc(C#N)cc2)C(C)C)cc1. The van der Waals surface area contributed by atoms with E-state index in [4.69, 9.17) is 5.26 Å². The number of carbonyl (C=O) groups is 2. The summed E-state index contributed by atoms with van der Waals surface area (Å²) in [6, 6.07) is 16.7. The Hall–Kier alpha value is -3.13. The van der Waals surface area contributed by atoms with E-state index in [0.717, 1.165) is 11.1 Å². The Kier molecular flexibility index (Phi) is 6.51. The van der Waals surface area contributed by atoms with Gasteiger partial charge in [0, 0.05) is 25.2 Å². The van der Waals surface area contributed by atoms with Gasteiger partial charge in [-0.15, -0.1) is 0 Å². The highest BCUT2D eigenvalue weighted by molar-refractivity contribution is 5.88. The van der Waals surface area contributed by atoms with Crippen LogP contribution in [0.3, 0.4) is 0 Å². The Morgan fingerprint density at radius 3 is 2.12 bits per heavy atom. The molecule has 0 saturated carbocycles. The van der Waals surface area contributed by atoms with E-state index >= 15 is 0 Å². The van der Waals surface area contributed by atoms with Crippen molar-refractivity contribution in [2.45, 2.75) is 39.8 Å². The third-order valence-corrected chi connectivity index (χ3v) is 4.01. The highest BCUT2D eigenvalue weighted by Crippen LogP contribution is 2.14. The van der Waals surface area contributed by atoms with Crippen LogP contribution in [-0.2, 0) is 22.6 Å². The molecule has 0 aromatic heterocycles. The van der Waals surface area contributed by atoms with Gasteiger partial charge in [0.25, 0.3) is 0 Å². The average Bonchev–Trinajstić information content (AvgIpc) is 2.61. The molecular formula is C21H23N3O2. The summed E-state index contributed by atoms with van der Waals surface area (Å²) in [5.74, 6) is -0.0844. The second kappa shape index (κ2) is 8.82. The number of rotatable bonds is 6. The van der Waals surface area contributed by atoms with E-state index in [9.17, 15) is 9.59 Å². The lowest BCUT2D eigenvalue weighted by molar-refractivity contribution is -0.132. The van der Waals surface area contributed by atoms with Crippen molar-refractivity contribution in [3.8, 4) is 6.07 Å². The molecule has 0 radical (unpaired) electrons. The van der Waals surface area contributed by atoms with Gasteiger partial charge >= 0.3 is 0 Å². The zero-order chi connectivity index (χ0) is 19.1. The molecular weight excluding hydrogens is 326 g/mol. The van der Waals surface area contributed by atoms with Crippen LogP contribution in [0.2, 0.25) is 0 Å². The number of nitriles is 1. The fourth-order valence-electron chi connectivity index (χ4n) is 2.63. The Morgan fingerprint density at radius 1 is 1.04 bits per heavy atom. The maximum absolute atomic E-state index is 12.7. The van der Waals surface area contributed by atoms with E-state index in [-0.39, 0.29) is 17.9 Å². The highest BCUT2D eigenvalue weighted by Gasteiger charge is 2.17. The van der Waals surface area contributed by atoms with E-state index in [1.807, 2.05) is 43.0 Å². The zero-order valence-electron chi connectivity index (χ0n) is 15.3. The van der Waals surface area contributed by atoms with Crippen LogP contribution in [-0.4, -0.2) is 22.8 Å². The minimum Gasteiger partial charge on any atom is -0.336 e. The van der Waals surface area contributed by atoms with E-state index in [1.54, 1.807) is 24.3 Å². The molecule has 0 aliphatic carbocycles. The number of carbonyl (C=O) groups excluding carboxylic acids is 2. The van der Waals surface area contributed by atoms with Gasteiger partial charge < -0.3 is 10.2 Å². The summed E-state index contributed by atoms with van der Waals surface area (Å²) in [7, 11) is 0. The molecule has 0 spiro atoms. The van der Waals surface area contributed by atoms with Crippen LogP contribution in [0, 0.1) is 11.3 Å². The lowest BCUT2D eigenvalue weighted by Crippen LogP contribution is -2.37. The average molecular weight is 349 g/mol. The summed E-state index contributed by atoms with van der Waals surface area (Å²) in [5, 5.41) is 11.6. The lowest BCUT2D eigenvalue weighted by Gasteiger charge is -2.27. The first-order valence-electron chi connectivity index (χ1n) is 8.54. The van der Waals surface area contributed by atoms with Crippen LogP contribution in [0.15, 0.2) is 48.5 Å². The van der Waals surface area contributed by atoms with Gasteiger partial charge in [0.05, 0.1) is 18.1 Å². The minimum absolute atomic E-state index is 0.0386. The zero-order valence-corrected chi connectivity index (χ0v) is 15.3. The second-order valence-corrected chi connectivity index (χ2v) is 6.48. The standard InChI is InChI=1S/C21H23N3O2/c1-15(2)24(14-19-6-4-18(13-22)5-7-19)21(26)12-17-8-10-20(11-9-17)23-16(3)25/h4-11,15H,12,14H2,1-3H3,(H,23,25). The second-order valence-electron chi connectivity index (χ2n) is 6.48. The van der Waals surface area contributed by atoms with E-state index in [2.05, 4.69) is 11.4 Å². The molecule has 2 aromatic carbocycles. The summed E-state index contributed by atoms with van der Waals surface area (Å²) < 4.78 is 0. The van der Waals surface area contributed by atoms with Crippen molar-refractivity contribution in [3.63, 3.8) is 0 Å². The molecule has 26 heavy (non-hydrogen) atoms. The normalized spacial score (nSPS) is 10.3. The van der Waals surface area contributed by atoms with Crippen LogP contribution in [0.4, 0.5) is 5.69 Å². The van der Waals surface area contributed by atoms with E-state index in [1.165, 1.54) is 6.92 Å². The smallest absolute Gasteiger partial charge is 0.227 e. The fourth-order valence-corrected chi connectivity index (χ4v) is 2.63. The summed E-state index contributed by atoms with van der Waals surface area (Å²) in [6.45, 7) is 5.94. The molecule has 2 rings (SSSR count). The summed E-state index contributed by atoms with van der Waals surface area (Å²) in [5.41, 5.74) is 3.21. The van der Waals surface area contributed by atoms with Gasteiger partial charge in [-0.2, -0.15) is 5.26 Å². The van der Waals surface area contributed by atoms with E-state index in [0.29, 0.717) is 24.2 Å². The number of benzene rings is 2. The number of anilines is 1. The highest BCUT2D eigenvalue weighted by atomic mass is 16.2. The molecule has 2 amide bonds. The van der Waals surface area contributed by atoms with Gasteiger partial charge in [-0.05, 0) is 49.2 Å². The Balaban J connectivity index is 2.05. The molecule has 1 N–H and O–H groups in total. The molecule has 5 nitrogen and oxygen atoms in total. The molecule has 0 aliphatic rings. The molecule has 0 unspecified atom stereocenters. The number of nitrogens with one attached hydrogen (secondary N) is 1. The number of hydrogen-bond donors (Lipinski definition) is 1. The predicted octanol–water partition coefficient (Wildman–Crippen LogP) is 3.50. The molecule has 0 atom stereocenters. The van der Waals surface area contributed by atoms with Crippen molar-refractivity contribution in [1.82, 2.24) is 4.90 Å². The largest absolute Gasteiger partial charge is 0.336 e. The van der Waals surface area contributed by atoms with Crippen molar-refractivity contribution in [3.05, 3.63) is 65.2 Å². The third-order valence-electron chi connectivity index (χ3n) is 4.01. The lowest BCUT2D eigenvalue weighted by atomic mass is 10.1. The molecule has 0 saturated heterocycles. The maximum atomic E-state index is 12.7. The quantitative estimate of drug-likeness (QED) is 0.867. The number of nitrogens with zero attached hydrogens (tertiary/aromatic N) is 2. The Bertz CT molecular complexity index is 803. The van der Waals surface area contributed by atoms with Crippen molar-refractivity contribution in [2.75, 3.05) is 5.32 Å². The fraction of sp³-hybridized carbons (Fsp3) is 0.286. The van der Waals surface area contributed by atoms with Crippen LogP contribution in [0.1, 0.15) is 37.5 Å². The van der Waals surface area contributed by atoms with Crippen LogP contribution in [0.5, 0.6) is 0 Å². The van der Waals surface area contributed by atoms with Gasteiger partial charge in [0.2, 0.25) is 11.8 Å². The Labute approximate surface area is 154 Å². The summed E-state index contributed by atoms with van der Waals surface area (Å²) in [4.78, 5) is 25.6. The van der Waals surface area contributed by atoms with Crippen LogP contribution >= 0.6 is 0 Å². The molecule has 0 heterocycles. The summed E-state index contributed by atoms with van der Waals surface area (Å²) >= 11 is 0. The number of hydrogen-bond acceptors (Lipinski definition) is 3. The van der Waals surface area contributed by atoms with Crippen molar-refractivity contribution in [1.29, 1.82) is 5.26 Å². The van der Waals surface area contributed by atoms with Gasteiger partial charge in [-0.1, -0.05) is 24.3 Å². The Morgan fingerprint density at radius 2 is 1.62 bits per heavy atom. The molecule has 5 heteroatoms. The van der Waals surface area contributed by atoms with Crippen molar-refractivity contribution in [2.24, 2.45) is 0 Å². The summed E-state index contributed by atoms with van der Waals surface area (Å²) in [6.07, 6.45) is 0.300. The first kappa shape index (κ1) is 19.2. The maximum Gasteiger partial charge on any atom is 0.227 e.